The first kappa shape index (κ1) is 10.9. The van der Waals surface area contributed by atoms with E-state index in [2.05, 4.69) is 20.7 Å². The number of aromatic amines is 1. The normalized spacial score (nSPS) is 9.50. The van der Waals surface area contributed by atoms with Gasteiger partial charge in [0.25, 0.3) is 0 Å². The number of H-pyrrole nitrogens is 1. The Morgan fingerprint density at radius 3 is 2.79 bits per heavy atom. The van der Waals surface area contributed by atoms with E-state index in [1.54, 1.807) is 18.2 Å². The minimum Gasteiger partial charge on any atom is -0.326 e. The molecule has 0 fully saturated rings. The number of hydrogen-bond acceptors (Lipinski definition) is 3. The quantitative estimate of drug-likeness (QED) is 0.765. The van der Waals surface area contributed by atoms with Gasteiger partial charge in [-0.25, -0.2) is 0 Å². The van der Waals surface area contributed by atoms with Crippen molar-refractivity contribution in [2.75, 3.05) is 5.32 Å². The van der Waals surface area contributed by atoms with Gasteiger partial charge in [0.05, 0.1) is 0 Å². The van der Waals surface area contributed by atoms with Crippen LogP contribution in [-0.2, 0) is 27.2 Å². The maximum atomic E-state index is 10.7. The van der Waals surface area contributed by atoms with E-state index in [0.29, 0.717) is 0 Å². The van der Waals surface area contributed by atoms with E-state index < -0.39 is 0 Å². The summed E-state index contributed by atoms with van der Waals surface area (Å²) in [4.78, 5) is 10.7. The number of carbonyl (C=O) groups excluding carboxylic acids is 1. The first-order valence-electron chi connectivity index (χ1n) is 3.84. The van der Waals surface area contributed by atoms with Gasteiger partial charge in [0, 0.05) is 12.6 Å². The molecule has 14 heavy (non-hydrogen) atoms. The summed E-state index contributed by atoms with van der Waals surface area (Å²) in [6.07, 6.45) is 0. The molecule has 1 aromatic heterocycles. The predicted octanol–water partition coefficient (Wildman–Crippen LogP) is 0.914. The predicted molar refractivity (Wildman–Crippen MR) is 48.2 cm³/mol. The van der Waals surface area contributed by atoms with Crippen molar-refractivity contribution in [2.45, 2.75) is 6.92 Å². The summed E-state index contributed by atoms with van der Waals surface area (Å²) in [6, 6.07) is 5.34. The van der Waals surface area contributed by atoms with Gasteiger partial charge in [0.2, 0.25) is 5.91 Å². The van der Waals surface area contributed by atoms with Crippen LogP contribution in [0.5, 0.6) is 0 Å². The van der Waals surface area contributed by atoms with Crippen LogP contribution in [0.1, 0.15) is 6.92 Å². The van der Waals surface area contributed by atoms with Gasteiger partial charge in [-0.1, -0.05) is 0 Å². The number of aromatic nitrogens is 3. The van der Waals surface area contributed by atoms with E-state index in [1.165, 1.54) is 6.92 Å². The smallest absolute Gasteiger partial charge is 0.326 e. The molecule has 0 bridgehead atoms. The molecule has 0 spiro atoms. The van der Waals surface area contributed by atoms with Gasteiger partial charge in [0.1, 0.15) is 11.0 Å². The molecule has 2 rings (SSSR count). The number of fused-ring (bicyclic) bond motifs is 1. The summed E-state index contributed by atoms with van der Waals surface area (Å²) in [5.74, 6) is -0.0946. The van der Waals surface area contributed by atoms with E-state index in [0.717, 1.165) is 16.7 Å². The van der Waals surface area contributed by atoms with E-state index in [-0.39, 0.29) is 28.3 Å². The van der Waals surface area contributed by atoms with Crippen LogP contribution in [0, 0.1) is 0 Å². The number of amides is 1. The van der Waals surface area contributed by atoms with E-state index >= 15 is 0 Å². The minimum absolute atomic E-state index is 0. The summed E-state index contributed by atoms with van der Waals surface area (Å²) in [7, 11) is 0. The maximum Gasteiger partial charge on any atom is 1.00 e. The summed E-state index contributed by atoms with van der Waals surface area (Å²) in [5, 5.41) is 13.0. The molecule has 0 aliphatic carbocycles. The molecule has 0 aliphatic rings. The number of hydrogen-bond donors (Lipinski definition) is 2. The molecule has 0 atom stereocenters. The Morgan fingerprint density at radius 1 is 1.36 bits per heavy atom. The number of anilines is 1. The number of nitrogens with zero attached hydrogens (tertiary/aromatic N) is 2. The number of nitrogens with one attached hydrogen (secondary N) is 2. The monoisotopic (exact) mass is 283 g/mol. The molecule has 1 heterocycles. The molecule has 0 saturated heterocycles. The number of benzene rings is 1. The Kier molecular flexibility index (Phi) is 3.40. The van der Waals surface area contributed by atoms with Crippen LogP contribution in [-0.4, -0.2) is 21.3 Å². The van der Waals surface area contributed by atoms with Gasteiger partial charge in [-0.15, -0.1) is 0 Å². The molecular weight excluding hydrogens is 276 g/mol. The minimum atomic E-state index is -0.0946. The van der Waals surface area contributed by atoms with Crippen LogP contribution in [0.4, 0.5) is 5.69 Å². The Hall–Kier alpha value is -1.17. The molecular formula is C8H8AgN4O+. The summed E-state index contributed by atoms with van der Waals surface area (Å²) >= 11 is 0. The molecule has 76 valence electrons. The van der Waals surface area contributed by atoms with E-state index in [4.69, 9.17) is 0 Å². The molecule has 0 saturated carbocycles. The first-order chi connectivity index (χ1) is 6.25. The second-order valence-corrected chi connectivity index (χ2v) is 2.71. The van der Waals surface area contributed by atoms with Crippen molar-refractivity contribution < 1.29 is 27.2 Å². The van der Waals surface area contributed by atoms with Crippen molar-refractivity contribution in [2.24, 2.45) is 0 Å². The summed E-state index contributed by atoms with van der Waals surface area (Å²) in [5.41, 5.74) is 2.26. The van der Waals surface area contributed by atoms with Crippen LogP contribution < -0.4 is 5.32 Å². The Balaban J connectivity index is 0.000000980. The van der Waals surface area contributed by atoms with Gasteiger partial charge in [-0.05, 0) is 18.2 Å². The molecule has 5 nitrogen and oxygen atoms in total. The largest absolute Gasteiger partial charge is 1.00 e. The average molecular weight is 284 g/mol. The van der Waals surface area contributed by atoms with Crippen LogP contribution in [0.15, 0.2) is 18.2 Å². The van der Waals surface area contributed by atoms with Gasteiger partial charge >= 0.3 is 22.4 Å². The van der Waals surface area contributed by atoms with Crippen molar-refractivity contribution in [3.05, 3.63) is 18.2 Å². The zero-order valence-corrected chi connectivity index (χ0v) is 8.82. The molecule has 0 aliphatic heterocycles. The van der Waals surface area contributed by atoms with Crippen molar-refractivity contribution in [3.63, 3.8) is 0 Å². The fourth-order valence-corrected chi connectivity index (χ4v) is 1.12. The molecule has 1 aromatic carbocycles. The zero-order valence-electron chi connectivity index (χ0n) is 7.34. The summed E-state index contributed by atoms with van der Waals surface area (Å²) < 4.78 is 0. The maximum absolute atomic E-state index is 10.7. The molecule has 1 amide bonds. The third-order valence-corrected chi connectivity index (χ3v) is 1.64. The van der Waals surface area contributed by atoms with Crippen molar-refractivity contribution in [3.8, 4) is 0 Å². The second-order valence-electron chi connectivity index (χ2n) is 2.71. The molecule has 0 radical (unpaired) electrons. The van der Waals surface area contributed by atoms with Crippen LogP contribution in [0.25, 0.3) is 11.0 Å². The third kappa shape index (κ3) is 2.20. The van der Waals surface area contributed by atoms with E-state index in [1.807, 2.05) is 0 Å². The third-order valence-electron chi connectivity index (χ3n) is 1.64. The fraction of sp³-hybridized carbons (Fsp3) is 0.125. The number of carbonyl (C=O) groups is 1. The molecule has 0 unspecified atom stereocenters. The van der Waals surface area contributed by atoms with Gasteiger partial charge < -0.3 is 5.32 Å². The average Bonchev–Trinajstić information content (AvgIpc) is 2.49. The van der Waals surface area contributed by atoms with Crippen molar-refractivity contribution in [1.82, 2.24) is 15.4 Å². The first-order valence-corrected chi connectivity index (χ1v) is 3.84. The zero-order chi connectivity index (χ0) is 9.26. The Bertz CT molecular complexity index is 453. The standard InChI is InChI=1S/C8H8N4O.Ag/c1-5(13)9-6-2-3-7-8(4-6)11-12-10-7;/h2-4H,1H3,(H,9,13)(H,10,11,12);/q;+1. The molecule has 2 aromatic rings. The SMILES string of the molecule is CC(=O)Nc1ccc2n[nH]nc2c1.[Ag+]. The van der Waals surface area contributed by atoms with Gasteiger partial charge in [-0.3, -0.25) is 4.79 Å². The summed E-state index contributed by atoms with van der Waals surface area (Å²) in [6.45, 7) is 1.47. The van der Waals surface area contributed by atoms with Crippen LogP contribution in [0.2, 0.25) is 0 Å². The van der Waals surface area contributed by atoms with E-state index in [9.17, 15) is 4.79 Å². The molecule has 6 heteroatoms. The van der Waals surface area contributed by atoms with Gasteiger partial charge in [-0.2, -0.15) is 15.4 Å². The Morgan fingerprint density at radius 2 is 2.07 bits per heavy atom. The Labute approximate surface area is 95.8 Å². The van der Waals surface area contributed by atoms with Crippen molar-refractivity contribution >= 4 is 22.6 Å². The topological polar surface area (TPSA) is 70.7 Å². The molecule has 2 N–H and O–H groups in total. The van der Waals surface area contributed by atoms with Gasteiger partial charge in [0.15, 0.2) is 0 Å². The number of rotatable bonds is 1. The van der Waals surface area contributed by atoms with Crippen LogP contribution in [0.3, 0.4) is 0 Å². The second kappa shape index (κ2) is 4.36. The van der Waals surface area contributed by atoms with Crippen LogP contribution >= 0.6 is 0 Å². The fourth-order valence-electron chi connectivity index (χ4n) is 1.12. The van der Waals surface area contributed by atoms with Crippen molar-refractivity contribution in [1.29, 1.82) is 0 Å².